The molecule has 1 fully saturated rings. The lowest BCUT2D eigenvalue weighted by Gasteiger charge is -2.14. The van der Waals surface area contributed by atoms with E-state index in [1.165, 1.54) is 4.57 Å². The Hall–Kier alpha value is -3.39. The minimum absolute atomic E-state index is 0.0356. The van der Waals surface area contributed by atoms with E-state index in [2.05, 4.69) is 10.6 Å². The monoisotopic (exact) mass is 422 g/mol. The molecule has 8 nitrogen and oxygen atoms in total. The van der Waals surface area contributed by atoms with E-state index >= 15 is 0 Å². The zero-order valence-electron chi connectivity index (χ0n) is 17.5. The predicted octanol–water partition coefficient (Wildman–Crippen LogP) is 2.37. The lowest BCUT2D eigenvalue weighted by Crippen LogP contribution is -2.33. The molecule has 2 N–H and O–H groups in total. The standard InChI is InChI=1S/C23H26N4O4/c1-2-26-19-11-5-6-12-20(19)27(23(26)30)15-21(28)25-18-10-4-3-9-17(18)22(29)24-14-16-8-7-13-31-16/h3-6,9-12,16H,2,7-8,13-15H2,1H3,(H,24,29)(H,25,28). The Morgan fingerprint density at radius 3 is 2.48 bits per heavy atom. The highest BCUT2D eigenvalue weighted by atomic mass is 16.5. The number of para-hydroxylation sites is 3. The first-order valence-electron chi connectivity index (χ1n) is 10.5. The van der Waals surface area contributed by atoms with Crippen molar-refractivity contribution in [2.75, 3.05) is 18.5 Å². The number of rotatable bonds is 7. The van der Waals surface area contributed by atoms with Crippen LogP contribution in [0.4, 0.5) is 5.69 Å². The van der Waals surface area contributed by atoms with Crippen LogP contribution in [0.25, 0.3) is 11.0 Å². The van der Waals surface area contributed by atoms with Gasteiger partial charge < -0.3 is 15.4 Å². The molecule has 0 aliphatic carbocycles. The van der Waals surface area contributed by atoms with Gasteiger partial charge in [-0.1, -0.05) is 24.3 Å². The molecular formula is C23H26N4O4. The molecule has 31 heavy (non-hydrogen) atoms. The van der Waals surface area contributed by atoms with Gasteiger partial charge >= 0.3 is 5.69 Å². The molecule has 2 aromatic carbocycles. The minimum Gasteiger partial charge on any atom is -0.376 e. The van der Waals surface area contributed by atoms with E-state index in [1.54, 1.807) is 28.8 Å². The number of aryl methyl sites for hydroxylation is 1. The predicted molar refractivity (Wildman–Crippen MR) is 118 cm³/mol. The number of imidazole rings is 1. The first-order chi connectivity index (χ1) is 15.1. The smallest absolute Gasteiger partial charge is 0.329 e. The Balaban J connectivity index is 1.50. The zero-order chi connectivity index (χ0) is 21.8. The SMILES string of the molecule is CCn1c(=O)n(CC(=O)Nc2ccccc2C(=O)NCC2CCCO2)c2ccccc21. The van der Waals surface area contributed by atoms with Crippen LogP contribution in [0.3, 0.4) is 0 Å². The summed E-state index contributed by atoms with van der Waals surface area (Å²) >= 11 is 0. The molecule has 1 saturated heterocycles. The Morgan fingerprint density at radius 2 is 1.77 bits per heavy atom. The van der Waals surface area contributed by atoms with E-state index < -0.39 is 0 Å². The minimum atomic E-state index is -0.375. The summed E-state index contributed by atoms with van der Waals surface area (Å²) in [7, 11) is 0. The van der Waals surface area contributed by atoms with Gasteiger partial charge in [0.25, 0.3) is 5.91 Å². The molecule has 4 rings (SSSR count). The van der Waals surface area contributed by atoms with Gasteiger partial charge in [0.2, 0.25) is 5.91 Å². The largest absolute Gasteiger partial charge is 0.376 e. The highest BCUT2D eigenvalue weighted by Gasteiger charge is 2.19. The van der Waals surface area contributed by atoms with Crippen molar-refractivity contribution in [3.05, 3.63) is 64.6 Å². The van der Waals surface area contributed by atoms with Gasteiger partial charge in [-0.3, -0.25) is 18.7 Å². The second kappa shape index (κ2) is 9.18. The topological polar surface area (TPSA) is 94.4 Å². The van der Waals surface area contributed by atoms with Crippen molar-refractivity contribution >= 4 is 28.5 Å². The van der Waals surface area contributed by atoms with Gasteiger partial charge in [-0.05, 0) is 44.0 Å². The summed E-state index contributed by atoms with van der Waals surface area (Å²) in [5.41, 5.74) is 2.03. The van der Waals surface area contributed by atoms with Gasteiger partial charge in [0, 0.05) is 19.7 Å². The Labute approximate surface area is 179 Å². The highest BCUT2D eigenvalue weighted by molar-refractivity contribution is 6.03. The third-order valence-electron chi connectivity index (χ3n) is 5.50. The molecule has 1 aromatic heterocycles. The molecule has 0 bridgehead atoms. The van der Waals surface area contributed by atoms with Crippen LogP contribution in [0.5, 0.6) is 0 Å². The van der Waals surface area contributed by atoms with Crippen molar-refractivity contribution in [1.82, 2.24) is 14.5 Å². The number of nitrogens with one attached hydrogen (secondary N) is 2. The van der Waals surface area contributed by atoms with Gasteiger partial charge in [0.05, 0.1) is 28.4 Å². The fourth-order valence-corrected chi connectivity index (χ4v) is 3.96. The summed E-state index contributed by atoms with van der Waals surface area (Å²) in [5, 5.41) is 5.66. The number of amides is 2. The van der Waals surface area contributed by atoms with Gasteiger partial charge in [-0.15, -0.1) is 0 Å². The number of fused-ring (bicyclic) bond motifs is 1. The van der Waals surface area contributed by atoms with Crippen molar-refractivity contribution in [3.8, 4) is 0 Å². The maximum atomic E-state index is 12.8. The van der Waals surface area contributed by atoms with E-state index in [9.17, 15) is 14.4 Å². The Kier molecular flexibility index (Phi) is 6.18. The lowest BCUT2D eigenvalue weighted by atomic mass is 10.1. The third-order valence-corrected chi connectivity index (χ3v) is 5.50. The number of hydrogen-bond donors (Lipinski definition) is 2. The lowest BCUT2D eigenvalue weighted by molar-refractivity contribution is -0.116. The highest BCUT2D eigenvalue weighted by Crippen LogP contribution is 2.17. The van der Waals surface area contributed by atoms with Crippen LogP contribution in [-0.2, 0) is 22.6 Å². The summed E-state index contributed by atoms with van der Waals surface area (Å²) in [6.45, 7) is 3.43. The number of anilines is 1. The summed E-state index contributed by atoms with van der Waals surface area (Å²) in [6, 6.07) is 14.2. The Bertz CT molecular complexity index is 1160. The maximum Gasteiger partial charge on any atom is 0.329 e. The van der Waals surface area contributed by atoms with E-state index in [1.807, 2.05) is 31.2 Å². The number of nitrogens with zero attached hydrogens (tertiary/aromatic N) is 2. The molecule has 1 atom stereocenters. The fraction of sp³-hybridized carbons (Fsp3) is 0.348. The normalized spacial score (nSPS) is 15.8. The molecule has 3 aromatic rings. The molecule has 0 saturated carbocycles. The molecule has 2 amide bonds. The van der Waals surface area contributed by atoms with Gasteiger partial charge in [0.15, 0.2) is 0 Å². The summed E-state index contributed by atoms with van der Waals surface area (Å²) < 4.78 is 8.63. The van der Waals surface area contributed by atoms with E-state index in [0.717, 1.165) is 25.0 Å². The average molecular weight is 422 g/mol. The second-order valence-corrected chi connectivity index (χ2v) is 7.54. The van der Waals surface area contributed by atoms with Gasteiger partial charge in [-0.2, -0.15) is 0 Å². The number of aromatic nitrogens is 2. The Morgan fingerprint density at radius 1 is 1.06 bits per heavy atom. The number of carbonyl (C=O) groups excluding carboxylic acids is 2. The zero-order valence-corrected chi connectivity index (χ0v) is 17.5. The van der Waals surface area contributed by atoms with Crippen LogP contribution in [0.15, 0.2) is 53.3 Å². The quantitative estimate of drug-likeness (QED) is 0.611. The first-order valence-corrected chi connectivity index (χ1v) is 10.5. The van der Waals surface area contributed by atoms with E-state index in [4.69, 9.17) is 4.74 Å². The van der Waals surface area contributed by atoms with Crippen molar-refractivity contribution in [2.45, 2.75) is 39.0 Å². The fourth-order valence-electron chi connectivity index (χ4n) is 3.96. The third kappa shape index (κ3) is 4.39. The van der Waals surface area contributed by atoms with Crippen molar-refractivity contribution < 1.29 is 14.3 Å². The molecule has 0 spiro atoms. The summed E-state index contributed by atoms with van der Waals surface area (Å²) in [5.74, 6) is -0.647. The summed E-state index contributed by atoms with van der Waals surface area (Å²) in [4.78, 5) is 38.2. The molecule has 0 radical (unpaired) electrons. The molecule has 8 heteroatoms. The number of benzene rings is 2. The van der Waals surface area contributed by atoms with Crippen LogP contribution >= 0.6 is 0 Å². The molecule has 162 valence electrons. The number of hydrogen-bond acceptors (Lipinski definition) is 4. The second-order valence-electron chi connectivity index (χ2n) is 7.54. The van der Waals surface area contributed by atoms with Gasteiger partial charge in [0.1, 0.15) is 6.54 Å². The van der Waals surface area contributed by atoms with E-state index in [0.29, 0.717) is 29.9 Å². The van der Waals surface area contributed by atoms with Crippen molar-refractivity contribution in [3.63, 3.8) is 0 Å². The van der Waals surface area contributed by atoms with Crippen LogP contribution in [-0.4, -0.2) is 40.2 Å². The van der Waals surface area contributed by atoms with Crippen molar-refractivity contribution in [2.24, 2.45) is 0 Å². The van der Waals surface area contributed by atoms with Crippen molar-refractivity contribution in [1.29, 1.82) is 0 Å². The molecule has 1 unspecified atom stereocenters. The van der Waals surface area contributed by atoms with Crippen LogP contribution in [0.1, 0.15) is 30.1 Å². The average Bonchev–Trinajstić information content (AvgIpc) is 3.39. The van der Waals surface area contributed by atoms with Crippen LogP contribution < -0.4 is 16.3 Å². The first kappa shape index (κ1) is 20.9. The molecule has 1 aliphatic rings. The number of carbonyl (C=O) groups is 2. The molecule has 1 aliphatic heterocycles. The molecule has 2 heterocycles. The van der Waals surface area contributed by atoms with Crippen LogP contribution in [0, 0.1) is 0 Å². The summed E-state index contributed by atoms with van der Waals surface area (Å²) in [6.07, 6.45) is 1.97. The van der Waals surface area contributed by atoms with E-state index in [-0.39, 0.29) is 30.2 Å². The maximum absolute atomic E-state index is 12.8. The van der Waals surface area contributed by atoms with Gasteiger partial charge in [-0.25, -0.2) is 4.79 Å². The molecular weight excluding hydrogens is 396 g/mol. The van der Waals surface area contributed by atoms with Crippen LogP contribution in [0.2, 0.25) is 0 Å². The number of ether oxygens (including phenoxy) is 1.